The molecule has 0 unspecified atom stereocenters. The van der Waals surface area contributed by atoms with Crippen molar-refractivity contribution in [3.8, 4) is 0 Å². The summed E-state index contributed by atoms with van der Waals surface area (Å²) in [6.45, 7) is 7.56. The monoisotopic (exact) mass is 345 g/mol. The van der Waals surface area contributed by atoms with E-state index in [1.54, 1.807) is 0 Å². The summed E-state index contributed by atoms with van der Waals surface area (Å²) < 4.78 is 7.11. The van der Waals surface area contributed by atoms with Gasteiger partial charge in [-0.05, 0) is 38.7 Å². The summed E-state index contributed by atoms with van der Waals surface area (Å²) in [6.07, 6.45) is 4.00. The second kappa shape index (κ2) is 7.37. The number of nitrogens with zero attached hydrogens (tertiary/aromatic N) is 5. The number of likely N-dealkylation sites (tertiary alicyclic amines) is 1. The first-order chi connectivity index (χ1) is 12.0. The zero-order valence-electron chi connectivity index (χ0n) is 15.6. The molecule has 2 aromatic heterocycles. The SMILES string of the molecule is CCc1nc([C@@H]2CCCN(C(=O)CCc3c(C)nn(C)c3C)C2)no1. The van der Waals surface area contributed by atoms with Crippen molar-refractivity contribution in [2.45, 2.75) is 58.8 Å². The van der Waals surface area contributed by atoms with Crippen LogP contribution in [0.4, 0.5) is 0 Å². The number of aromatic nitrogens is 4. The molecule has 1 saturated heterocycles. The highest BCUT2D eigenvalue weighted by molar-refractivity contribution is 5.76. The molecule has 1 fully saturated rings. The first-order valence-corrected chi connectivity index (χ1v) is 9.09. The van der Waals surface area contributed by atoms with Crippen LogP contribution in [-0.2, 0) is 24.7 Å². The van der Waals surface area contributed by atoms with Crippen molar-refractivity contribution in [2.75, 3.05) is 13.1 Å². The Bertz CT molecular complexity index is 749. The molecule has 2 aromatic rings. The van der Waals surface area contributed by atoms with E-state index in [0.29, 0.717) is 18.9 Å². The molecule has 0 saturated carbocycles. The molecule has 25 heavy (non-hydrogen) atoms. The standard InChI is InChI=1S/C18H27N5O2/c1-5-16-19-18(21-25-16)14-7-6-10-23(11-14)17(24)9-8-15-12(2)20-22(4)13(15)3/h14H,5-11H2,1-4H3/t14-/m1/s1. The molecular weight excluding hydrogens is 318 g/mol. The summed E-state index contributed by atoms with van der Waals surface area (Å²) in [4.78, 5) is 19.1. The average molecular weight is 345 g/mol. The molecule has 7 nitrogen and oxygen atoms in total. The maximum atomic E-state index is 12.7. The van der Waals surface area contributed by atoms with Crippen molar-refractivity contribution in [3.05, 3.63) is 28.7 Å². The number of piperidine rings is 1. The van der Waals surface area contributed by atoms with Crippen molar-refractivity contribution >= 4 is 5.91 Å². The molecule has 1 aliphatic rings. The lowest BCUT2D eigenvalue weighted by atomic mass is 9.96. The Morgan fingerprint density at radius 3 is 2.80 bits per heavy atom. The minimum absolute atomic E-state index is 0.184. The highest BCUT2D eigenvalue weighted by Crippen LogP contribution is 2.26. The van der Waals surface area contributed by atoms with Crippen molar-refractivity contribution in [1.29, 1.82) is 0 Å². The van der Waals surface area contributed by atoms with Crippen LogP contribution in [-0.4, -0.2) is 43.8 Å². The van der Waals surface area contributed by atoms with Crippen LogP contribution < -0.4 is 0 Å². The third-order valence-electron chi connectivity index (χ3n) is 5.17. The van der Waals surface area contributed by atoms with Gasteiger partial charge < -0.3 is 9.42 Å². The number of aryl methyl sites for hydroxylation is 3. The van der Waals surface area contributed by atoms with Gasteiger partial charge in [0.2, 0.25) is 11.8 Å². The molecule has 3 rings (SSSR count). The molecule has 0 N–H and O–H groups in total. The normalized spacial score (nSPS) is 17.9. The third kappa shape index (κ3) is 3.75. The van der Waals surface area contributed by atoms with Gasteiger partial charge in [0.1, 0.15) is 0 Å². The molecule has 0 spiro atoms. The van der Waals surface area contributed by atoms with E-state index < -0.39 is 0 Å². The van der Waals surface area contributed by atoms with E-state index in [-0.39, 0.29) is 11.8 Å². The quantitative estimate of drug-likeness (QED) is 0.831. The number of carbonyl (C=O) groups is 1. The summed E-state index contributed by atoms with van der Waals surface area (Å²) in [6, 6.07) is 0. The zero-order chi connectivity index (χ0) is 18.0. The maximum Gasteiger partial charge on any atom is 0.226 e. The van der Waals surface area contributed by atoms with Crippen LogP contribution in [0, 0.1) is 13.8 Å². The van der Waals surface area contributed by atoms with Crippen molar-refractivity contribution < 1.29 is 9.32 Å². The van der Waals surface area contributed by atoms with Gasteiger partial charge in [-0.2, -0.15) is 10.1 Å². The molecule has 1 amide bonds. The van der Waals surface area contributed by atoms with E-state index in [0.717, 1.165) is 49.4 Å². The van der Waals surface area contributed by atoms with Crippen LogP contribution in [0.25, 0.3) is 0 Å². The molecule has 0 radical (unpaired) electrons. The zero-order valence-corrected chi connectivity index (χ0v) is 15.6. The summed E-state index contributed by atoms with van der Waals surface area (Å²) in [5.74, 6) is 1.80. The Morgan fingerprint density at radius 1 is 1.36 bits per heavy atom. The van der Waals surface area contributed by atoms with Gasteiger partial charge in [-0.25, -0.2) is 0 Å². The number of amides is 1. The Balaban J connectivity index is 1.60. The van der Waals surface area contributed by atoms with Crippen molar-refractivity contribution in [2.24, 2.45) is 7.05 Å². The molecule has 136 valence electrons. The Hall–Kier alpha value is -2.18. The number of hydrogen-bond donors (Lipinski definition) is 0. The van der Waals surface area contributed by atoms with Crippen LogP contribution >= 0.6 is 0 Å². The number of hydrogen-bond acceptors (Lipinski definition) is 5. The molecule has 7 heteroatoms. The van der Waals surface area contributed by atoms with Gasteiger partial charge in [0.15, 0.2) is 5.82 Å². The summed E-state index contributed by atoms with van der Waals surface area (Å²) >= 11 is 0. The Kier molecular flexibility index (Phi) is 5.20. The lowest BCUT2D eigenvalue weighted by Crippen LogP contribution is -2.39. The van der Waals surface area contributed by atoms with Gasteiger partial charge in [-0.15, -0.1) is 0 Å². The predicted molar refractivity (Wildman–Crippen MR) is 93.2 cm³/mol. The van der Waals surface area contributed by atoms with E-state index in [9.17, 15) is 4.79 Å². The first kappa shape index (κ1) is 17.6. The van der Waals surface area contributed by atoms with E-state index >= 15 is 0 Å². The van der Waals surface area contributed by atoms with Gasteiger partial charge in [-0.3, -0.25) is 9.48 Å². The van der Waals surface area contributed by atoms with E-state index in [1.807, 2.05) is 30.5 Å². The van der Waals surface area contributed by atoms with Crippen LogP contribution in [0.1, 0.15) is 60.8 Å². The fourth-order valence-corrected chi connectivity index (χ4v) is 3.56. The summed E-state index contributed by atoms with van der Waals surface area (Å²) in [5.41, 5.74) is 3.35. The summed E-state index contributed by atoms with van der Waals surface area (Å²) in [7, 11) is 1.94. The predicted octanol–water partition coefficient (Wildman–Crippen LogP) is 2.32. The van der Waals surface area contributed by atoms with E-state index in [4.69, 9.17) is 4.52 Å². The minimum atomic E-state index is 0.184. The van der Waals surface area contributed by atoms with Gasteiger partial charge in [0.05, 0.1) is 5.69 Å². The van der Waals surface area contributed by atoms with Gasteiger partial charge in [0, 0.05) is 44.6 Å². The van der Waals surface area contributed by atoms with Gasteiger partial charge in [0.25, 0.3) is 0 Å². The maximum absolute atomic E-state index is 12.7. The van der Waals surface area contributed by atoms with Crippen molar-refractivity contribution in [1.82, 2.24) is 24.8 Å². The number of carbonyl (C=O) groups excluding carboxylic acids is 1. The van der Waals surface area contributed by atoms with Gasteiger partial charge in [-0.1, -0.05) is 12.1 Å². The van der Waals surface area contributed by atoms with Crippen LogP contribution in [0.5, 0.6) is 0 Å². The fraction of sp³-hybridized carbons (Fsp3) is 0.667. The Labute approximate surface area is 148 Å². The molecule has 3 heterocycles. The number of rotatable bonds is 5. The second-order valence-corrected chi connectivity index (χ2v) is 6.85. The van der Waals surface area contributed by atoms with E-state index in [1.165, 1.54) is 5.56 Å². The molecule has 1 aliphatic heterocycles. The van der Waals surface area contributed by atoms with Crippen LogP contribution in [0.3, 0.4) is 0 Å². The Morgan fingerprint density at radius 2 is 2.16 bits per heavy atom. The minimum Gasteiger partial charge on any atom is -0.342 e. The molecule has 0 aromatic carbocycles. The fourth-order valence-electron chi connectivity index (χ4n) is 3.56. The largest absolute Gasteiger partial charge is 0.342 e. The topological polar surface area (TPSA) is 77.1 Å². The first-order valence-electron chi connectivity index (χ1n) is 9.09. The molecule has 0 bridgehead atoms. The van der Waals surface area contributed by atoms with E-state index in [2.05, 4.69) is 22.2 Å². The highest BCUT2D eigenvalue weighted by atomic mass is 16.5. The van der Waals surface area contributed by atoms with Gasteiger partial charge >= 0.3 is 0 Å². The molecule has 1 atom stereocenters. The smallest absolute Gasteiger partial charge is 0.226 e. The summed E-state index contributed by atoms with van der Waals surface area (Å²) in [5, 5.41) is 8.52. The average Bonchev–Trinajstić information content (AvgIpc) is 3.19. The second-order valence-electron chi connectivity index (χ2n) is 6.85. The molecular formula is C18H27N5O2. The highest BCUT2D eigenvalue weighted by Gasteiger charge is 2.28. The van der Waals surface area contributed by atoms with Crippen molar-refractivity contribution in [3.63, 3.8) is 0 Å². The lowest BCUT2D eigenvalue weighted by molar-refractivity contribution is -0.132. The third-order valence-corrected chi connectivity index (χ3v) is 5.17. The van der Waals surface area contributed by atoms with Crippen LogP contribution in [0.15, 0.2) is 4.52 Å². The van der Waals surface area contributed by atoms with Crippen LogP contribution in [0.2, 0.25) is 0 Å². The lowest BCUT2D eigenvalue weighted by Gasteiger charge is -2.31. The molecule has 0 aliphatic carbocycles.